The van der Waals surface area contributed by atoms with Gasteiger partial charge in [0.2, 0.25) is 0 Å². The molecule has 0 saturated carbocycles. The van der Waals surface area contributed by atoms with Gasteiger partial charge in [0.05, 0.1) is 5.69 Å². The molecule has 4 nitrogen and oxygen atoms in total. The molecule has 0 radical (unpaired) electrons. The summed E-state index contributed by atoms with van der Waals surface area (Å²) < 4.78 is 0. The Labute approximate surface area is 85.4 Å². The number of aromatic nitrogens is 2. The average molecular weight is 194 g/mol. The minimum Gasteiger partial charge on any atom is -0.320 e. The molecule has 0 unspecified atom stereocenters. The van der Waals surface area contributed by atoms with Gasteiger partial charge in [0.25, 0.3) is 0 Å². The first-order chi connectivity index (χ1) is 6.83. The highest BCUT2D eigenvalue weighted by Gasteiger charge is 1.99. The highest BCUT2D eigenvalue weighted by molar-refractivity contribution is 4.96. The zero-order chi connectivity index (χ0) is 10.2. The van der Waals surface area contributed by atoms with Crippen LogP contribution >= 0.6 is 0 Å². The minimum absolute atomic E-state index is 0.895. The van der Waals surface area contributed by atoms with E-state index in [0.717, 1.165) is 31.7 Å². The van der Waals surface area contributed by atoms with Crippen molar-refractivity contribution >= 4 is 0 Å². The first kappa shape index (κ1) is 11.1. The molecule has 0 amide bonds. The van der Waals surface area contributed by atoms with Crippen LogP contribution in [0.5, 0.6) is 0 Å². The fraction of sp³-hybridized carbons (Fsp3) is 0.600. The molecule has 14 heavy (non-hydrogen) atoms. The monoisotopic (exact) mass is 194 g/mol. The highest BCUT2D eigenvalue weighted by Crippen LogP contribution is 1.97. The SMILES string of the molecule is CNCCCN(C)Cc1ccncn1. The lowest BCUT2D eigenvalue weighted by molar-refractivity contribution is 0.317. The maximum Gasteiger partial charge on any atom is 0.115 e. The molecule has 0 aliphatic rings. The zero-order valence-electron chi connectivity index (χ0n) is 8.90. The van der Waals surface area contributed by atoms with Crippen LogP contribution < -0.4 is 5.32 Å². The van der Waals surface area contributed by atoms with E-state index in [2.05, 4.69) is 27.2 Å². The van der Waals surface area contributed by atoms with Crippen molar-refractivity contribution in [3.63, 3.8) is 0 Å². The standard InChI is InChI=1S/C10H18N4/c1-11-5-3-7-14(2)8-10-4-6-12-9-13-10/h4,6,9,11H,3,5,7-8H2,1-2H3. The van der Waals surface area contributed by atoms with Gasteiger partial charge < -0.3 is 10.2 Å². The topological polar surface area (TPSA) is 41.0 Å². The maximum atomic E-state index is 4.18. The van der Waals surface area contributed by atoms with Crippen LogP contribution in [-0.2, 0) is 6.54 Å². The van der Waals surface area contributed by atoms with Gasteiger partial charge in [0.15, 0.2) is 0 Å². The van der Waals surface area contributed by atoms with Crippen LogP contribution in [-0.4, -0.2) is 42.1 Å². The van der Waals surface area contributed by atoms with E-state index in [1.54, 1.807) is 12.5 Å². The summed E-state index contributed by atoms with van der Waals surface area (Å²) in [4.78, 5) is 10.3. The molecule has 0 saturated heterocycles. The van der Waals surface area contributed by atoms with Gasteiger partial charge in [0, 0.05) is 12.7 Å². The lowest BCUT2D eigenvalue weighted by atomic mass is 10.3. The van der Waals surface area contributed by atoms with Gasteiger partial charge in [-0.2, -0.15) is 0 Å². The molecule has 78 valence electrons. The first-order valence-electron chi connectivity index (χ1n) is 4.91. The van der Waals surface area contributed by atoms with Gasteiger partial charge in [-0.1, -0.05) is 0 Å². The van der Waals surface area contributed by atoms with Gasteiger partial charge in [-0.25, -0.2) is 9.97 Å². The number of rotatable bonds is 6. The Morgan fingerprint density at radius 3 is 3.00 bits per heavy atom. The van der Waals surface area contributed by atoms with Gasteiger partial charge in [-0.05, 0) is 39.7 Å². The molecule has 0 spiro atoms. The van der Waals surface area contributed by atoms with Crippen molar-refractivity contribution in [3.05, 3.63) is 24.3 Å². The van der Waals surface area contributed by atoms with Crippen LogP contribution in [0.4, 0.5) is 0 Å². The van der Waals surface area contributed by atoms with Crippen molar-refractivity contribution in [3.8, 4) is 0 Å². The van der Waals surface area contributed by atoms with E-state index in [-0.39, 0.29) is 0 Å². The lowest BCUT2D eigenvalue weighted by Crippen LogP contribution is -2.22. The Hall–Kier alpha value is -1.00. The van der Waals surface area contributed by atoms with Crippen LogP contribution in [0, 0.1) is 0 Å². The van der Waals surface area contributed by atoms with Gasteiger partial charge in [-0.15, -0.1) is 0 Å². The molecule has 0 aliphatic carbocycles. The summed E-state index contributed by atoms with van der Waals surface area (Å²) in [6, 6.07) is 1.95. The van der Waals surface area contributed by atoms with Crippen LogP contribution in [0.25, 0.3) is 0 Å². The van der Waals surface area contributed by atoms with E-state index >= 15 is 0 Å². The summed E-state index contributed by atoms with van der Waals surface area (Å²) >= 11 is 0. The van der Waals surface area contributed by atoms with Crippen molar-refractivity contribution in [2.45, 2.75) is 13.0 Å². The summed E-state index contributed by atoms with van der Waals surface area (Å²) in [5, 5.41) is 3.13. The highest BCUT2D eigenvalue weighted by atomic mass is 15.1. The second kappa shape index (κ2) is 6.45. The van der Waals surface area contributed by atoms with Gasteiger partial charge in [-0.3, -0.25) is 0 Å². The predicted molar refractivity (Wildman–Crippen MR) is 56.9 cm³/mol. The largest absolute Gasteiger partial charge is 0.320 e. The second-order valence-electron chi connectivity index (χ2n) is 3.40. The zero-order valence-corrected chi connectivity index (χ0v) is 8.90. The van der Waals surface area contributed by atoms with Crippen molar-refractivity contribution in [2.24, 2.45) is 0 Å². The second-order valence-corrected chi connectivity index (χ2v) is 3.40. The Balaban J connectivity index is 2.23. The maximum absolute atomic E-state index is 4.18. The van der Waals surface area contributed by atoms with Crippen molar-refractivity contribution < 1.29 is 0 Å². The smallest absolute Gasteiger partial charge is 0.115 e. The molecule has 1 rings (SSSR count). The third kappa shape index (κ3) is 4.30. The molecule has 0 aliphatic heterocycles. The number of nitrogens with zero attached hydrogens (tertiary/aromatic N) is 3. The number of hydrogen-bond acceptors (Lipinski definition) is 4. The quantitative estimate of drug-likeness (QED) is 0.670. The molecule has 0 atom stereocenters. The molecule has 0 aromatic carbocycles. The summed E-state index contributed by atoms with van der Waals surface area (Å²) in [5.41, 5.74) is 1.08. The summed E-state index contributed by atoms with van der Waals surface area (Å²) in [6.07, 6.45) is 4.54. The molecule has 0 bridgehead atoms. The molecule has 1 N–H and O–H groups in total. The van der Waals surface area contributed by atoms with Crippen LogP contribution in [0.2, 0.25) is 0 Å². The third-order valence-corrected chi connectivity index (χ3v) is 2.04. The van der Waals surface area contributed by atoms with E-state index < -0.39 is 0 Å². The van der Waals surface area contributed by atoms with Gasteiger partial charge in [0.1, 0.15) is 6.33 Å². The summed E-state index contributed by atoms with van der Waals surface area (Å²) in [6.45, 7) is 3.05. The van der Waals surface area contributed by atoms with Crippen LogP contribution in [0.15, 0.2) is 18.6 Å². The normalized spacial score (nSPS) is 10.8. The molecule has 1 aromatic rings. The summed E-state index contributed by atoms with van der Waals surface area (Å²) in [5.74, 6) is 0. The lowest BCUT2D eigenvalue weighted by Gasteiger charge is -2.15. The Bertz CT molecular complexity index is 237. The van der Waals surface area contributed by atoms with Crippen molar-refractivity contribution in [1.82, 2.24) is 20.2 Å². The van der Waals surface area contributed by atoms with E-state index in [9.17, 15) is 0 Å². The Morgan fingerprint density at radius 2 is 2.36 bits per heavy atom. The predicted octanol–water partition coefficient (Wildman–Crippen LogP) is 0.518. The minimum atomic E-state index is 0.895. The van der Waals surface area contributed by atoms with E-state index in [1.807, 2.05) is 13.1 Å². The van der Waals surface area contributed by atoms with Crippen molar-refractivity contribution in [2.75, 3.05) is 27.2 Å². The van der Waals surface area contributed by atoms with E-state index in [0.29, 0.717) is 0 Å². The summed E-state index contributed by atoms with van der Waals surface area (Å²) in [7, 11) is 4.09. The molecular weight excluding hydrogens is 176 g/mol. The van der Waals surface area contributed by atoms with E-state index in [4.69, 9.17) is 0 Å². The molecule has 1 aromatic heterocycles. The first-order valence-corrected chi connectivity index (χ1v) is 4.91. The Morgan fingerprint density at radius 1 is 1.50 bits per heavy atom. The fourth-order valence-corrected chi connectivity index (χ4v) is 1.29. The Kier molecular flexibility index (Phi) is 5.11. The molecule has 1 heterocycles. The number of nitrogens with one attached hydrogen (secondary N) is 1. The molecular formula is C10H18N4. The van der Waals surface area contributed by atoms with E-state index in [1.165, 1.54) is 0 Å². The molecule has 0 fully saturated rings. The fourth-order valence-electron chi connectivity index (χ4n) is 1.29. The van der Waals surface area contributed by atoms with Crippen molar-refractivity contribution in [1.29, 1.82) is 0 Å². The third-order valence-electron chi connectivity index (χ3n) is 2.04. The molecule has 4 heteroatoms. The van der Waals surface area contributed by atoms with Gasteiger partial charge >= 0.3 is 0 Å². The van der Waals surface area contributed by atoms with Crippen LogP contribution in [0.3, 0.4) is 0 Å². The average Bonchev–Trinajstić information content (AvgIpc) is 2.20. The van der Waals surface area contributed by atoms with Crippen LogP contribution in [0.1, 0.15) is 12.1 Å². The number of hydrogen-bond donors (Lipinski definition) is 1.